The molecule has 0 aromatic carbocycles. The Labute approximate surface area is 108 Å². The molecule has 2 rings (SSSR count). The molecule has 4 heteroatoms. The van der Waals surface area contributed by atoms with Crippen LogP contribution in [0.1, 0.15) is 39.0 Å². The van der Waals surface area contributed by atoms with Crippen LogP contribution in [0.5, 0.6) is 0 Å². The molecule has 2 atom stereocenters. The van der Waals surface area contributed by atoms with Crippen LogP contribution in [0, 0.1) is 5.92 Å². The van der Waals surface area contributed by atoms with Crippen LogP contribution in [-0.2, 0) is 19.0 Å². The summed E-state index contributed by atoms with van der Waals surface area (Å²) in [5.74, 6) is 0.218. The quantitative estimate of drug-likeness (QED) is 0.573. The molecule has 102 valence electrons. The van der Waals surface area contributed by atoms with E-state index >= 15 is 0 Å². The highest BCUT2D eigenvalue weighted by atomic mass is 16.7. The number of methoxy groups -OCH3 is 1. The lowest BCUT2D eigenvalue weighted by Gasteiger charge is -2.25. The van der Waals surface area contributed by atoms with Crippen molar-refractivity contribution in [2.45, 2.75) is 51.4 Å². The summed E-state index contributed by atoms with van der Waals surface area (Å²) in [4.78, 5) is 11.3. The van der Waals surface area contributed by atoms with E-state index in [1.807, 2.05) is 0 Å². The van der Waals surface area contributed by atoms with Crippen LogP contribution in [0.3, 0.4) is 0 Å². The highest BCUT2D eigenvalue weighted by molar-refractivity contribution is 5.87. The Morgan fingerprint density at radius 1 is 1.28 bits per heavy atom. The Morgan fingerprint density at radius 2 is 2.00 bits per heavy atom. The zero-order chi connectivity index (χ0) is 13.0. The third-order valence-corrected chi connectivity index (χ3v) is 3.71. The summed E-state index contributed by atoms with van der Waals surface area (Å²) in [7, 11) is 1.39. The van der Waals surface area contributed by atoms with Crippen LogP contribution in [0.2, 0.25) is 0 Å². The summed E-state index contributed by atoms with van der Waals surface area (Å²) in [5.41, 5.74) is 0.579. The molecule has 4 nitrogen and oxygen atoms in total. The van der Waals surface area contributed by atoms with E-state index in [0.717, 1.165) is 0 Å². The molecule has 1 heterocycles. The number of hydrogen-bond donors (Lipinski definition) is 0. The van der Waals surface area contributed by atoms with E-state index in [2.05, 4.69) is 4.74 Å². The van der Waals surface area contributed by atoms with Gasteiger partial charge in [-0.1, -0.05) is 19.3 Å². The minimum atomic E-state index is -0.306. The first kappa shape index (κ1) is 13.6. The molecule has 1 aliphatic carbocycles. The molecule has 0 amide bonds. The Hall–Kier alpha value is -0.870. The van der Waals surface area contributed by atoms with Gasteiger partial charge in [0.15, 0.2) is 6.29 Å². The SMILES string of the molecule is COC(=O)C(C)=CC1COC(C2CCCCC2)O1. The summed E-state index contributed by atoms with van der Waals surface area (Å²) in [6, 6.07) is 0. The molecule has 1 saturated heterocycles. The second-order valence-corrected chi connectivity index (χ2v) is 5.12. The first-order valence-corrected chi connectivity index (χ1v) is 6.74. The lowest BCUT2D eigenvalue weighted by Crippen LogP contribution is -2.24. The Kier molecular flexibility index (Phi) is 4.78. The number of hydrogen-bond acceptors (Lipinski definition) is 4. The molecule has 2 aliphatic rings. The average Bonchev–Trinajstić information content (AvgIpc) is 2.87. The van der Waals surface area contributed by atoms with Gasteiger partial charge in [0.1, 0.15) is 6.10 Å². The summed E-state index contributed by atoms with van der Waals surface area (Å²) >= 11 is 0. The number of esters is 1. The van der Waals surface area contributed by atoms with Gasteiger partial charge in [-0.3, -0.25) is 0 Å². The highest BCUT2D eigenvalue weighted by Crippen LogP contribution is 2.32. The monoisotopic (exact) mass is 254 g/mol. The van der Waals surface area contributed by atoms with Crippen LogP contribution in [0.15, 0.2) is 11.6 Å². The van der Waals surface area contributed by atoms with Crippen LogP contribution in [0.25, 0.3) is 0 Å². The van der Waals surface area contributed by atoms with Crippen molar-refractivity contribution in [3.8, 4) is 0 Å². The molecule has 0 spiro atoms. The summed E-state index contributed by atoms with van der Waals surface area (Å²) in [6.45, 7) is 2.28. The second kappa shape index (κ2) is 6.34. The maximum absolute atomic E-state index is 11.3. The molecular formula is C14H22O4. The third-order valence-electron chi connectivity index (χ3n) is 3.71. The topological polar surface area (TPSA) is 44.8 Å². The first-order valence-electron chi connectivity index (χ1n) is 6.74. The van der Waals surface area contributed by atoms with Crippen molar-refractivity contribution >= 4 is 5.97 Å². The van der Waals surface area contributed by atoms with E-state index in [4.69, 9.17) is 9.47 Å². The zero-order valence-electron chi connectivity index (χ0n) is 11.2. The number of rotatable bonds is 3. The van der Waals surface area contributed by atoms with E-state index < -0.39 is 0 Å². The van der Waals surface area contributed by atoms with Crippen molar-refractivity contribution in [3.05, 3.63) is 11.6 Å². The molecule has 0 aromatic heterocycles. The van der Waals surface area contributed by atoms with Crippen LogP contribution in [0.4, 0.5) is 0 Å². The van der Waals surface area contributed by atoms with Crippen molar-refractivity contribution in [2.24, 2.45) is 5.92 Å². The van der Waals surface area contributed by atoms with Crippen molar-refractivity contribution in [3.63, 3.8) is 0 Å². The molecule has 0 aromatic rings. The van der Waals surface area contributed by atoms with Crippen molar-refractivity contribution in [1.29, 1.82) is 0 Å². The molecule has 0 radical (unpaired) electrons. The predicted octanol–water partition coefficient (Wildman–Crippen LogP) is 2.43. The van der Waals surface area contributed by atoms with Gasteiger partial charge in [0.25, 0.3) is 0 Å². The molecule has 2 unspecified atom stereocenters. The van der Waals surface area contributed by atoms with E-state index in [9.17, 15) is 4.79 Å². The standard InChI is InChI=1S/C14H22O4/c1-10(13(15)16-2)8-12-9-17-14(18-12)11-6-4-3-5-7-11/h8,11-12,14H,3-7,9H2,1-2H3. The van der Waals surface area contributed by atoms with Gasteiger partial charge in [0, 0.05) is 11.5 Å². The van der Waals surface area contributed by atoms with E-state index in [-0.39, 0.29) is 18.4 Å². The Bertz CT molecular complexity index is 318. The van der Waals surface area contributed by atoms with Gasteiger partial charge < -0.3 is 14.2 Å². The van der Waals surface area contributed by atoms with Crippen LogP contribution >= 0.6 is 0 Å². The second-order valence-electron chi connectivity index (χ2n) is 5.12. The van der Waals surface area contributed by atoms with Gasteiger partial charge in [-0.15, -0.1) is 0 Å². The van der Waals surface area contributed by atoms with Crippen molar-refractivity contribution in [2.75, 3.05) is 13.7 Å². The fourth-order valence-corrected chi connectivity index (χ4v) is 2.69. The molecule has 1 saturated carbocycles. The normalized spacial score (nSPS) is 30.4. The molecule has 0 bridgehead atoms. The smallest absolute Gasteiger partial charge is 0.333 e. The van der Waals surface area contributed by atoms with E-state index in [1.54, 1.807) is 13.0 Å². The third kappa shape index (κ3) is 3.33. The van der Waals surface area contributed by atoms with Gasteiger partial charge in [0.05, 0.1) is 13.7 Å². The molecule has 1 aliphatic heterocycles. The van der Waals surface area contributed by atoms with Gasteiger partial charge in [0.2, 0.25) is 0 Å². The van der Waals surface area contributed by atoms with E-state index in [1.165, 1.54) is 39.2 Å². The first-order chi connectivity index (χ1) is 8.70. The number of carbonyl (C=O) groups excluding carboxylic acids is 1. The minimum Gasteiger partial charge on any atom is -0.466 e. The van der Waals surface area contributed by atoms with Crippen LogP contribution in [-0.4, -0.2) is 32.1 Å². The molecule has 0 N–H and O–H groups in total. The van der Waals surface area contributed by atoms with Gasteiger partial charge >= 0.3 is 5.97 Å². The summed E-state index contributed by atoms with van der Waals surface area (Å²) in [5, 5.41) is 0. The average molecular weight is 254 g/mol. The lowest BCUT2D eigenvalue weighted by atomic mass is 9.89. The van der Waals surface area contributed by atoms with Crippen molar-refractivity contribution in [1.82, 2.24) is 0 Å². The fourth-order valence-electron chi connectivity index (χ4n) is 2.69. The predicted molar refractivity (Wildman–Crippen MR) is 67.0 cm³/mol. The number of ether oxygens (including phenoxy) is 3. The largest absolute Gasteiger partial charge is 0.466 e. The highest BCUT2D eigenvalue weighted by Gasteiger charge is 2.32. The molecule has 2 fully saturated rings. The summed E-state index contributed by atoms with van der Waals surface area (Å²) in [6.07, 6.45) is 7.86. The molecule has 18 heavy (non-hydrogen) atoms. The maximum Gasteiger partial charge on any atom is 0.333 e. The van der Waals surface area contributed by atoms with Crippen molar-refractivity contribution < 1.29 is 19.0 Å². The van der Waals surface area contributed by atoms with Crippen LogP contribution < -0.4 is 0 Å². The zero-order valence-corrected chi connectivity index (χ0v) is 11.2. The Balaban J connectivity index is 1.86. The number of carbonyl (C=O) groups is 1. The lowest BCUT2D eigenvalue weighted by molar-refractivity contribution is -0.136. The van der Waals surface area contributed by atoms with Gasteiger partial charge in [-0.2, -0.15) is 0 Å². The maximum atomic E-state index is 11.3. The minimum absolute atomic E-state index is 0.0861. The Morgan fingerprint density at radius 3 is 2.67 bits per heavy atom. The van der Waals surface area contributed by atoms with E-state index in [0.29, 0.717) is 18.1 Å². The van der Waals surface area contributed by atoms with Gasteiger partial charge in [-0.25, -0.2) is 4.79 Å². The van der Waals surface area contributed by atoms with Gasteiger partial charge in [-0.05, 0) is 25.8 Å². The fraction of sp³-hybridized carbons (Fsp3) is 0.786. The summed E-state index contributed by atoms with van der Waals surface area (Å²) < 4.78 is 16.2. The molecular weight excluding hydrogens is 232 g/mol.